The molecule has 12 heavy (non-hydrogen) atoms. The summed E-state index contributed by atoms with van der Waals surface area (Å²) < 4.78 is 0. The maximum absolute atomic E-state index is 3.73. The van der Waals surface area contributed by atoms with Crippen LogP contribution in [0.3, 0.4) is 0 Å². The fourth-order valence-corrected chi connectivity index (χ4v) is 1.31. The zero-order valence-corrected chi connectivity index (χ0v) is 7.32. The Kier molecular flexibility index (Phi) is 3.55. The smallest absolute Gasteiger partial charge is 0.0474 e. The molecular weight excluding hydrogens is 146 g/mol. The first kappa shape index (κ1) is 9.01. The number of hydrogen-bond acceptors (Lipinski definition) is 1. The lowest BCUT2D eigenvalue weighted by Gasteiger charge is -2.23. The maximum Gasteiger partial charge on any atom is 0.0474 e. The van der Waals surface area contributed by atoms with Crippen LogP contribution in [0.1, 0.15) is 0 Å². The van der Waals surface area contributed by atoms with E-state index in [9.17, 15) is 0 Å². The molecule has 0 heterocycles. The summed E-state index contributed by atoms with van der Waals surface area (Å²) in [5.41, 5.74) is 0. The average Bonchev–Trinajstić information content (AvgIpc) is 2.56. The van der Waals surface area contributed by atoms with Crippen molar-refractivity contribution in [1.82, 2.24) is 4.90 Å². The molecule has 0 fully saturated rings. The lowest BCUT2D eigenvalue weighted by molar-refractivity contribution is 0.321. The van der Waals surface area contributed by atoms with Gasteiger partial charge in [-0.2, -0.15) is 0 Å². The largest absolute Gasteiger partial charge is 0.286 e. The lowest BCUT2D eigenvalue weighted by Crippen LogP contribution is -2.31. The average molecular weight is 161 g/mol. The number of hydrogen-bond donors (Lipinski definition) is 0. The summed E-state index contributed by atoms with van der Waals surface area (Å²) in [4.78, 5) is 2.29. The minimum atomic E-state index is 0.431. The number of nitrogens with zero attached hydrogens (tertiary/aromatic N) is 1. The Labute approximate surface area is 74.4 Å². The number of rotatable bonds is 5. The first-order chi connectivity index (χ1) is 5.88. The van der Waals surface area contributed by atoms with Crippen molar-refractivity contribution in [1.29, 1.82) is 0 Å². The summed E-state index contributed by atoms with van der Waals surface area (Å²) >= 11 is 0. The summed E-state index contributed by atoms with van der Waals surface area (Å²) in [7, 11) is 0. The van der Waals surface area contributed by atoms with Crippen molar-refractivity contribution in [2.45, 2.75) is 6.04 Å². The Morgan fingerprint density at radius 2 is 1.58 bits per heavy atom. The molecule has 64 valence electrons. The van der Waals surface area contributed by atoms with Gasteiger partial charge in [-0.15, -0.1) is 13.2 Å². The molecule has 0 amide bonds. The van der Waals surface area contributed by atoms with Gasteiger partial charge in [0, 0.05) is 19.1 Å². The van der Waals surface area contributed by atoms with E-state index >= 15 is 0 Å². The quantitative estimate of drug-likeness (QED) is 0.558. The summed E-state index contributed by atoms with van der Waals surface area (Å²) in [6.45, 7) is 9.28. The third-order valence-electron chi connectivity index (χ3n) is 1.88. The molecular formula is C11H15N. The molecule has 0 atom stereocenters. The van der Waals surface area contributed by atoms with E-state index in [1.165, 1.54) is 0 Å². The van der Waals surface area contributed by atoms with E-state index in [2.05, 4.69) is 42.4 Å². The summed E-state index contributed by atoms with van der Waals surface area (Å²) in [5, 5.41) is 0. The van der Waals surface area contributed by atoms with Gasteiger partial charge in [0.25, 0.3) is 0 Å². The molecule has 0 saturated carbocycles. The van der Waals surface area contributed by atoms with Crippen molar-refractivity contribution in [3.63, 3.8) is 0 Å². The van der Waals surface area contributed by atoms with E-state index in [0.717, 1.165) is 13.1 Å². The molecule has 0 bridgehead atoms. The molecule has 0 aromatic rings. The number of allylic oxidation sites excluding steroid dienone is 2. The van der Waals surface area contributed by atoms with Gasteiger partial charge in [-0.05, 0) is 0 Å². The molecule has 0 N–H and O–H groups in total. The van der Waals surface area contributed by atoms with E-state index in [-0.39, 0.29) is 0 Å². The highest BCUT2D eigenvalue weighted by Crippen LogP contribution is 2.08. The highest BCUT2D eigenvalue weighted by molar-refractivity contribution is 5.22. The van der Waals surface area contributed by atoms with E-state index in [1.807, 2.05) is 12.2 Å². The van der Waals surface area contributed by atoms with Gasteiger partial charge in [0.1, 0.15) is 0 Å². The Balaban J connectivity index is 2.51. The van der Waals surface area contributed by atoms with Gasteiger partial charge in [-0.1, -0.05) is 36.5 Å². The first-order valence-corrected chi connectivity index (χ1v) is 4.19. The van der Waals surface area contributed by atoms with Crippen LogP contribution in [0.4, 0.5) is 0 Å². The van der Waals surface area contributed by atoms with Crippen molar-refractivity contribution in [3.05, 3.63) is 49.6 Å². The lowest BCUT2D eigenvalue weighted by atomic mass is 10.2. The summed E-state index contributed by atoms with van der Waals surface area (Å²) in [6, 6.07) is 0.431. The molecule has 0 aromatic carbocycles. The van der Waals surface area contributed by atoms with E-state index in [4.69, 9.17) is 0 Å². The highest BCUT2D eigenvalue weighted by atomic mass is 15.1. The third-order valence-corrected chi connectivity index (χ3v) is 1.88. The van der Waals surface area contributed by atoms with Gasteiger partial charge < -0.3 is 0 Å². The Morgan fingerprint density at radius 3 is 2.00 bits per heavy atom. The van der Waals surface area contributed by atoms with Crippen LogP contribution in [0.2, 0.25) is 0 Å². The molecule has 0 aliphatic heterocycles. The minimum Gasteiger partial charge on any atom is -0.286 e. The molecule has 0 radical (unpaired) electrons. The van der Waals surface area contributed by atoms with Gasteiger partial charge in [-0.3, -0.25) is 4.90 Å². The molecule has 0 aromatic heterocycles. The van der Waals surface area contributed by atoms with E-state index in [1.54, 1.807) is 0 Å². The second-order valence-electron chi connectivity index (χ2n) is 2.79. The van der Waals surface area contributed by atoms with Crippen LogP contribution >= 0.6 is 0 Å². The Bertz CT molecular complexity index is 191. The third kappa shape index (κ3) is 2.21. The van der Waals surface area contributed by atoms with Crippen LogP contribution < -0.4 is 0 Å². The zero-order chi connectivity index (χ0) is 8.81. The van der Waals surface area contributed by atoms with Crippen LogP contribution in [0.5, 0.6) is 0 Å². The monoisotopic (exact) mass is 161 g/mol. The predicted octanol–water partition coefficient (Wildman–Crippen LogP) is 2.16. The molecule has 1 heteroatoms. The van der Waals surface area contributed by atoms with Gasteiger partial charge in [-0.25, -0.2) is 0 Å². The van der Waals surface area contributed by atoms with Crippen molar-refractivity contribution < 1.29 is 0 Å². The second kappa shape index (κ2) is 4.73. The first-order valence-electron chi connectivity index (χ1n) is 4.19. The Morgan fingerprint density at radius 1 is 1.08 bits per heavy atom. The van der Waals surface area contributed by atoms with Crippen LogP contribution in [0.15, 0.2) is 49.6 Å². The minimum absolute atomic E-state index is 0.431. The maximum atomic E-state index is 3.73. The van der Waals surface area contributed by atoms with Crippen molar-refractivity contribution in [2.24, 2.45) is 0 Å². The molecule has 0 spiro atoms. The highest BCUT2D eigenvalue weighted by Gasteiger charge is 2.11. The molecule has 1 rings (SSSR count). The standard InChI is InChI=1S/C11H15N/c1-3-9-12(10-4-2)11-7-5-6-8-11/h3-8,11H,1-2,9-10H2. The molecule has 1 aliphatic carbocycles. The van der Waals surface area contributed by atoms with Crippen LogP contribution in [-0.2, 0) is 0 Å². The van der Waals surface area contributed by atoms with Gasteiger partial charge in [0.2, 0.25) is 0 Å². The predicted molar refractivity (Wildman–Crippen MR) is 54.0 cm³/mol. The van der Waals surface area contributed by atoms with Gasteiger partial charge in [0.15, 0.2) is 0 Å². The normalized spacial score (nSPS) is 15.8. The molecule has 1 nitrogen and oxygen atoms in total. The summed E-state index contributed by atoms with van der Waals surface area (Å²) in [6.07, 6.45) is 12.3. The van der Waals surface area contributed by atoms with E-state index < -0.39 is 0 Å². The van der Waals surface area contributed by atoms with Crippen LogP contribution in [-0.4, -0.2) is 24.0 Å². The van der Waals surface area contributed by atoms with Crippen LogP contribution in [0, 0.1) is 0 Å². The van der Waals surface area contributed by atoms with Gasteiger partial charge >= 0.3 is 0 Å². The second-order valence-corrected chi connectivity index (χ2v) is 2.79. The zero-order valence-electron chi connectivity index (χ0n) is 7.32. The fourth-order valence-electron chi connectivity index (χ4n) is 1.31. The Hall–Kier alpha value is -1.08. The van der Waals surface area contributed by atoms with Crippen molar-refractivity contribution in [3.8, 4) is 0 Å². The SMILES string of the molecule is C=CCN(CC=C)C1C=CC=C1. The van der Waals surface area contributed by atoms with E-state index in [0.29, 0.717) is 6.04 Å². The molecule has 1 aliphatic rings. The molecule has 0 saturated heterocycles. The topological polar surface area (TPSA) is 3.24 Å². The van der Waals surface area contributed by atoms with Crippen molar-refractivity contribution >= 4 is 0 Å². The molecule has 0 unspecified atom stereocenters. The van der Waals surface area contributed by atoms with Crippen LogP contribution in [0.25, 0.3) is 0 Å². The summed E-state index contributed by atoms with van der Waals surface area (Å²) in [5.74, 6) is 0. The van der Waals surface area contributed by atoms with Crippen molar-refractivity contribution in [2.75, 3.05) is 13.1 Å². The van der Waals surface area contributed by atoms with Gasteiger partial charge in [0.05, 0.1) is 0 Å². The fraction of sp³-hybridized carbons (Fsp3) is 0.273.